The van der Waals surface area contributed by atoms with Crippen LogP contribution in [0.3, 0.4) is 0 Å². The Bertz CT molecular complexity index is 622. The van der Waals surface area contributed by atoms with E-state index in [0.717, 1.165) is 0 Å². The number of benzene rings is 1. The quantitative estimate of drug-likeness (QED) is 0.799. The van der Waals surface area contributed by atoms with Crippen molar-refractivity contribution in [3.8, 4) is 0 Å². The number of hydrogen-bond acceptors (Lipinski definition) is 4. The van der Waals surface area contributed by atoms with Gasteiger partial charge in [0.25, 0.3) is 0 Å². The molecule has 6 nitrogen and oxygen atoms in total. The lowest BCUT2D eigenvalue weighted by Crippen LogP contribution is -2.16. The van der Waals surface area contributed by atoms with E-state index in [4.69, 9.17) is 5.11 Å². The van der Waals surface area contributed by atoms with E-state index < -0.39 is 27.0 Å². The number of carboxylic acids is 1. The lowest BCUT2D eigenvalue weighted by atomic mass is 10.2. The van der Waals surface area contributed by atoms with Crippen molar-refractivity contribution in [1.29, 1.82) is 0 Å². The number of aliphatic carboxylic acids is 1. The van der Waals surface area contributed by atoms with Gasteiger partial charge in [-0.25, -0.2) is 8.42 Å². The number of amides is 1. The monoisotopic (exact) mass is 313 g/mol. The number of carbonyl (C=O) groups excluding carboxylic acids is 1. The highest BCUT2D eigenvalue weighted by atomic mass is 32.2. The zero-order valence-electron chi connectivity index (χ0n) is 12.0. The Kier molecular flexibility index (Phi) is 5.90. The van der Waals surface area contributed by atoms with Crippen molar-refractivity contribution in [2.45, 2.75) is 37.7 Å². The molecule has 0 aliphatic carbocycles. The van der Waals surface area contributed by atoms with E-state index in [9.17, 15) is 18.0 Å². The van der Waals surface area contributed by atoms with Gasteiger partial charge in [-0.2, -0.15) is 0 Å². The van der Waals surface area contributed by atoms with Crippen molar-refractivity contribution in [3.63, 3.8) is 0 Å². The molecular weight excluding hydrogens is 294 g/mol. The third-order valence-electron chi connectivity index (χ3n) is 2.86. The molecule has 0 saturated heterocycles. The lowest BCUT2D eigenvalue weighted by Gasteiger charge is -2.09. The van der Waals surface area contributed by atoms with Gasteiger partial charge < -0.3 is 10.4 Å². The average molecular weight is 313 g/mol. The first kappa shape index (κ1) is 17.2. The molecule has 0 aliphatic rings. The first-order valence-electron chi connectivity index (χ1n) is 6.53. The van der Waals surface area contributed by atoms with Crippen LogP contribution in [-0.2, 0) is 25.2 Å². The Morgan fingerprint density at radius 2 is 1.90 bits per heavy atom. The Balaban J connectivity index is 2.73. The largest absolute Gasteiger partial charge is 0.481 e. The van der Waals surface area contributed by atoms with Gasteiger partial charge in [-0.05, 0) is 31.5 Å². The SMILES string of the molecule is CC(C)S(=O)(=O)Cc1cccc(NC(=O)CCC(=O)O)c1. The molecule has 0 atom stereocenters. The Labute approximate surface area is 124 Å². The van der Waals surface area contributed by atoms with Crippen molar-refractivity contribution < 1.29 is 23.1 Å². The molecule has 0 bridgehead atoms. The number of sulfone groups is 1. The van der Waals surface area contributed by atoms with Crippen LogP contribution in [0.2, 0.25) is 0 Å². The zero-order valence-corrected chi connectivity index (χ0v) is 12.8. The number of carboxylic acid groups (broad SMARTS) is 1. The third-order valence-corrected chi connectivity index (χ3v) is 5.03. The summed E-state index contributed by atoms with van der Waals surface area (Å²) in [6, 6.07) is 6.54. The molecule has 21 heavy (non-hydrogen) atoms. The third kappa shape index (κ3) is 5.95. The van der Waals surface area contributed by atoms with Crippen molar-refractivity contribution in [2.75, 3.05) is 5.32 Å². The Hall–Kier alpha value is -1.89. The summed E-state index contributed by atoms with van der Waals surface area (Å²) in [5.41, 5.74) is 1.04. The Morgan fingerprint density at radius 3 is 2.48 bits per heavy atom. The normalized spacial score (nSPS) is 11.4. The van der Waals surface area contributed by atoms with E-state index in [1.54, 1.807) is 38.1 Å². The zero-order chi connectivity index (χ0) is 16.0. The van der Waals surface area contributed by atoms with E-state index in [-0.39, 0.29) is 18.6 Å². The first-order chi connectivity index (χ1) is 9.70. The molecule has 1 amide bonds. The summed E-state index contributed by atoms with van der Waals surface area (Å²) < 4.78 is 23.7. The van der Waals surface area contributed by atoms with E-state index in [2.05, 4.69) is 5.32 Å². The summed E-state index contributed by atoms with van der Waals surface area (Å²) in [6.07, 6.45) is -0.364. The van der Waals surface area contributed by atoms with Gasteiger partial charge in [-0.15, -0.1) is 0 Å². The lowest BCUT2D eigenvalue weighted by molar-refractivity contribution is -0.138. The van der Waals surface area contributed by atoms with E-state index in [1.807, 2.05) is 0 Å². The molecule has 2 N–H and O–H groups in total. The van der Waals surface area contributed by atoms with Crippen molar-refractivity contribution in [3.05, 3.63) is 29.8 Å². The van der Waals surface area contributed by atoms with Crippen molar-refractivity contribution >= 4 is 27.4 Å². The summed E-state index contributed by atoms with van der Waals surface area (Å²) in [4.78, 5) is 21.9. The van der Waals surface area contributed by atoms with Crippen molar-refractivity contribution in [2.24, 2.45) is 0 Å². The van der Waals surface area contributed by atoms with Gasteiger partial charge >= 0.3 is 5.97 Å². The molecule has 0 fully saturated rings. The second-order valence-electron chi connectivity index (χ2n) is 5.00. The van der Waals surface area contributed by atoms with Crippen LogP contribution in [0.1, 0.15) is 32.3 Å². The summed E-state index contributed by atoms with van der Waals surface area (Å²) >= 11 is 0. The van der Waals surface area contributed by atoms with Crippen LogP contribution in [0, 0.1) is 0 Å². The van der Waals surface area contributed by atoms with Crippen LogP contribution in [0.15, 0.2) is 24.3 Å². The van der Waals surface area contributed by atoms with Crippen molar-refractivity contribution in [1.82, 2.24) is 0 Å². The van der Waals surface area contributed by atoms with Gasteiger partial charge in [-0.1, -0.05) is 12.1 Å². The number of rotatable bonds is 7. The molecule has 0 aromatic heterocycles. The highest BCUT2D eigenvalue weighted by Crippen LogP contribution is 2.16. The molecule has 0 spiro atoms. The molecule has 0 saturated carbocycles. The average Bonchev–Trinajstić information content (AvgIpc) is 2.36. The van der Waals surface area contributed by atoms with Gasteiger partial charge in [0.2, 0.25) is 5.91 Å². The second-order valence-corrected chi connectivity index (χ2v) is 7.56. The molecule has 0 radical (unpaired) electrons. The number of anilines is 1. The second kappa shape index (κ2) is 7.21. The number of nitrogens with one attached hydrogen (secondary N) is 1. The standard InChI is InChI=1S/C14H19NO5S/c1-10(2)21(19,20)9-11-4-3-5-12(8-11)15-13(16)6-7-14(17)18/h3-5,8,10H,6-7,9H2,1-2H3,(H,15,16)(H,17,18). The number of carbonyl (C=O) groups is 2. The van der Waals surface area contributed by atoms with Gasteiger partial charge in [0.05, 0.1) is 17.4 Å². The fraction of sp³-hybridized carbons (Fsp3) is 0.429. The molecule has 1 rings (SSSR count). The molecular formula is C14H19NO5S. The molecule has 1 aromatic rings. The predicted octanol–water partition coefficient (Wildman–Crippen LogP) is 1.81. The summed E-state index contributed by atoms with van der Waals surface area (Å²) in [7, 11) is -3.21. The minimum absolute atomic E-state index is 0.0937. The van der Waals surface area contributed by atoms with Gasteiger partial charge in [0.15, 0.2) is 9.84 Å². The van der Waals surface area contributed by atoms with Crippen LogP contribution in [0.5, 0.6) is 0 Å². The predicted molar refractivity (Wildman–Crippen MR) is 79.7 cm³/mol. The van der Waals surface area contributed by atoms with Crippen LogP contribution in [0.4, 0.5) is 5.69 Å². The van der Waals surface area contributed by atoms with E-state index >= 15 is 0 Å². The molecule has 1 aromatic carbocycles. The summed E-state index contributed by atoms with van der Waals surface area (Å²) in [5.74, 6) is -1.55. The topological polar surface area (TPSA) is 101 Å². The molecule has 116 valence electrons. The molecule has 7 heteroatoms. The Morgan fingerprint density at radius 1 is 1.24 bits per heavy atom. The van der Waals surface area contributed by atoms with Gasteiger partial charge in [-0.3, -0.25) is 9.59 Å². The minimum atomic E-state index is -3.21. The fourth-order valence-electron chi connectivity index (χ4n) is 1.58. The maximum absolute atomic E-state index is 11.9. The maximum Gasteiger partial charge on any atom is 0.303 e. The van der Waals surface area contributed by atoms with Crippen LogP contribution < -0.4 is 5.32 Å². The van der Waals surface area contributed by atoms with Gasteiger partial charge in [0, 0.05) is 12.1 Å². The molecule has 0 aliphatic heterocycles. The van der Waals surface area contributed by atoms with Gasteiger partial charge in [0.1, 0.15) is 0 Å². The summed E-state index contributed by atoms with van der Waals surface area (Å²) in [6.45, 7) is 3.24. The smallest absolute Gasteiger partial charge is 0.303 e. The van der Waals surface area contributed by atoms with Crippen LogP contribution >= 0.6 is 0 Å². The van der Waals surface area contributed by atoms with E-state index in [0.29, 0.717) is 11.3 Å². The maximum atomic E-state index is 11.9. The molecule has 0 unspecified atom stereocenters. The molecule has 0 heterocycles. The highest BCUT2D eigenvalue weighted by molar-refractivity contribution is 7.91. The highest BCUT2D eigenvalue weighted by Gasteiger charge is 2.17. The van der Waals surface area contributed by atoms with Crippen LogP contribution in [-0.4, -0.2) is 30.7 Å². The summed E-state index contributed by atoms with van der Waals surface area (Å²) in [5, 5.41) is 10.6. The van der Waals surface area contributed by atoms with Crippen LogP contribution in [0.25, 0.3) is 0 Å². The number of hydrogen-bond donors (Lipinski definition) is 2. The fourth-order valence-corrected chi connectivity index (χ4v) is 2.56. The van der Waals surface area contributed by atoms with E-state index in [1.165, 1.54) is 0 Å². The first-order valence-corrected chi connectivity index (χ1v) is 8.24. The minimum Gasteiger partial charge on any atom is -0.481 e.